The third kappa shape index (κ3) is 4.71. The van der Waals surface area contributed by atoms with Crippen LogP contribution < -0.4 is 4.90 Å². The number of carbonyl (C=O) groups is 2. The predicted molar refractivity (Wildman–Crippen MR) is 196 cm³/mol. The molecule has 3 aromatic heterocycles. The van der Waals surface area contributed by atoms with Crippen LogP contribution in [0.5, 0.6) is 0 Å². The Hall–Kier alpha value is -4.71. The number of rotatable bonds is 5. The van der Waals surface area contributed by atoms with E-state index in [1.54, 1.807) is 11.3 Å². The summed E-state index contributed by atoms with van der Waals surface area (Å²) in [6, 6.07) is 25.5. The number of anilines is 3. The molecule has 4 aromatic carbocycles. The maximum Gasteiger partial charge on any atom is 0.188 e. The molecule has 48 heavy (non-hydrogen) atoms. The Labute approximate surface area is 288 Å². The van der Waals surface area contributed by atoms with Crippen molar-refractivity contribution in [3.05, 3.63) is 83.9 Å². The summed E-state index contributed by atoms with van der Waals surface area (Å²) in [5.41, 5.74) is 8.89. The quantitative estimate of drug-likeness (QED) is 0.178. The number of ketones is 2. The number of benzene rings is 4. The lowest BCUT2D eigenvalue weighted by Crippen LogP contribution is -2.21. The van der Waals surface area contributed by atoms with E-state index < -0.39 is 0 Å². The third-order valence-electron chi connectivity index (χ3n) is 9.65. The molecule has 2 unspecified atom stereocenters. The molecule has 0 N–H and O–H groups in total. The number of carbonyl (C=O) groups excluding carboxylic acids is 2. The van der Waals surface area contributed by atoms with Gasteiger partial charge >= 0.3 is 0 Å². The van der Waals surface area contributed by atoms with E-state index in [9.17, 15) is 9.59 Å². The summed E-state index contributed by atoms with van der Waals surface area (Å²) in [7, 11) is 0. The fourth-order valence-corrected chi connectivity index (χ4v) is 9.37. The van der Waals surface area contributed by atoms with E-state index in [2.05, 4.69) is 94.2 Å². The molecule has 0 saturated heterocycles. The van der Waals surface area contributed by atoms with Gasteiger partial charge in [-0.1, -0.05) is 48.2 Å². The SMILES string of the molecule is Cc1ccc(N(c2ccc(C)cc2)c2ccc(-c3cc4c(cc(N=C5C(=O)C6CCCCC6C5=O)c5nsnc54)c4nsnc34)s2)cc1. The number of hydrogen-bond acceptors (Lipinski definition) is 11. The monoisotopic (exact) mass is 684 g/mol. The van der Waals surface area contributed by atoms with Crippen LogP contribution in [0.3, 0.4) is 0 Å². The first kappa shape index (κ1) is 29.4. The van der Waals surface area contributed by atoms with Crippen molar-refractivity contribution in [1.82, 2.24) is 17.5 Å². The average molecular weight is 685 g/mol. The molecule has 236 valence electrons. The molecular weight excluding hydrogens is 657 g/mol. The van der Waals surface area contributed by atoms with Gasteiger partial charge in [-0.2, -0.15) is 17.5 Å². The second kappa shape index (κ2) is 11.5. The summed E-state index contributed by atoms with van der Waals surface area (Å²) in [5.74, 6) is -0.739. The number of hydrogen-bond donors (Lipinski definition) is 0. The minimum Gasteiger partial charge on any atom is -0.302 e. The van der Waals surface area contributed by atoms with Gasteiger partial charge in [0.25, 0.3) is 0 Å². The summed E-state index contributed by atoms with van der Waals surface area (Å²) in [6.07, 6.45) is 3.46. The highest BCUT2D eigenvalue weighted by Gasteiger charge is 2.47. The van der Waals surface area contributed by atoms with Crippen molar-refractivity contribution in [2.24, 2.45) is 16.8 Å². The van der Waals surface area contributed by atoms with Gasteiger partial charge in [0, 0.05) is 44.4 Å². The van der Waals surface area contributed by atoms with Gasteiger partial charge in [0.05, 0.1) is 29.1 Å². The summed E-state index contributed by atoms with van der Waals surface area (Å²) in [5, 5.41) is 2.79. The maximum absolute atomic E-state index is 13.3. The molecule has 7 aromatic rings. The van der Waals surface area contributed by atoms with Crippen molar-refractivity contribution >= 4 is 107 Å². The van der Waals surface area contributed by atoms with Gasteiger partial charge in [0.2, 0.25) is 0 Å². The lowest BCUT2D eigenvalue weighted by Gasteiger charge is -2.24. The minimum atomic E-state index is -0.241. The summed E-state index contributed by atoms with van der Waals surface area (Å²) >= 11 is 3.96. The molecule has 8 nitrogen and oxygen atoms in total. The number of aliphatic imine (C=N–C) groups is 1. The smallest absolute Gasteiger partial charge is 0.188 e. The molecule has 2 aliphatic rings. The van der Waals surface area contributed by atoms with Crippen molar-refractivity contribution in [3.63, 3.8) is 0 Å². The van der Waals surface area contributed by atoms with E-state index in [-0.39, 0.29) is 29.1 Å². The van der Waals surface area contributed by atoms with Crippen molar-refractivity contribution in [3.8, 4) is 10.4 Å². The van der Waals surface area contributed by atoms with Crippen molar-refractivity contribution in [1.29, 1.82) is 0 Å². The zero-order chi connectivity index (χ0) is 32.5. The van der Waals surface area contributed by atoms with Crippen LogP contribution in [0.15, 0.2) is 77.8 Å². The standard InChI is InChI=1S/C37H28N6O2S3/c1-19-7-11-21(12-8-19)43(22-13-9-20(2)10-14-22)30-16-15-29(46-30)27-17-25-26(31-33(27)41-47-39-31)18-28(34-32(25)40-48-42-34)38-35-36(44)23-5-3-4-6-24(23)37(35)45/h7-18,23-24H,3-6H2,1-2H3. The van der Waals surface area contributed by atoms with E-state index in [1.807, 2.05) is 6.07 Å². The Morgan fingerprint density at radius 2 is 1.21 bits per heavy atom. The van der Waals surface area contributed by atoms with Gasteiger partial charge in [0.1, 0.15) is 27.1 Å². The fraction of sp³-hybridized carbons (Fsp3) is 0.216. The Bertz CT molecular complexity index is 2370. The molecule has 2 fully saturated rings. The largest absolute Gasteiger partial charge is 0.302 e. The van der Waals surface area contributed by atoms with Crippen LogP contribution in [0.4, 0.5) is 22.1 Å². The molecular formula is C37H28N6O2S3. The Morgan fingerprint density at radius 1 is 0.667 bits per heavy atom. The normalized spacial score (nSPS) is 17.9. The number of Topliss-reactive ketones (excluding diaryl/α,β-unsaturated/α-hetero) is 2. The van der Waals surface area contributed by atoms with E-state index in [4.69, 9.17) is 13.7 Å². The highest BCUT2D eigenvalue weighted by atomic mass is 32.1. The van der Waals surface area contributed by atoms with Crippen molar-refractivity contribution in [2.45, 2.75) is 39.5 Å². The summed E-state index contributed by atoms with van der Waals surface area (Å²) in [4.78, 5) is 34.7. The maximum atomic E-state index is 13.3. The molecule has 0 spiro atoms. The molecule has 2 aliphatic carbocycles. The van der Waals surface area contributed by atoms with E-state index in [1.165, 1.54) is 11.1 Å². The van der Waals surface area contributed by atoms with Crippen molar-refractivity contribution in [2.75, 3.05) is 4.90 Å². The van der Waals surface area contributed by atoms with Crippen molar-refractivity contribution < 1.29 is 9.59 Å². The first-order valence-corrected chi connectivity index (χ1v) is 18.3. The molecule has 3 heterocycles. The molecule has 0 bridgehead atoms. The lowest BCUT2D eigenvalue weighted by molar-refractivity contribution is -0.120. The average Bonchev–Trinajstić information content (AvgIpc) is 3.92. The first-order valence-electron chi connectivity index (χ1n) is 16.0. The van der Waals surface area contributed by atoms with Crippen LogP contribution in [0.2, 0.25) is 0 Å². The minimum absolute atomic E-state index is 0.0580. The summed E-state index contributed by atoms with van der Waals surface area (Å²) < 4.78 is 18.8. The van der Waals surface area contributed by atoms with Crippen LogP contribution in [-0.4, -0.2) is 34.8 Å². The van der Waals surface area contributed by atoms with Gasteiger partial charge in [-0.05, 0) is 75.2 Å². The number of thiophene rings is 1. The van der Waals surface area contributed by atoms with Gasteiger partial charge in [-0.15, -0.1) is 11.3 Å². The number of fused-ring (bicyclic) bond motifs is 6. The molecule has 9 rings (SSSR count). The van der Waals surface area contributed by atoms with Crippen LogP contribution in [-0.2, 0) is 9.59 Å². The highest BCUT2D eigenvalue weighted by molar-refractivity contribution is 7.19. The lowest BCUT2D eigenvalue weighted by atomic mass is 9.81. The van der Waals surface area contributed by atoms with Crippen LogP contribution in [0.1, 0.15) is 36.8 Å². The second-order valence-electron chi connectivity index (χ2n) is 12.7. The van der Waals surface area contributed by atoms with Gasteiger partial charge in [-0.25, -0.2) is 4.99 Å². The fourth-order valence-electron chi connectivity index (χ4n) is 7.16. The molecule has 2 atom stereocenters. The van der Waals surface area contributed by atoms with E-state index >= 15 is 0 Å². The van der Waals surface area contributed by atoms with Gasteiger partial charge < -0.3 is 4.90 Å². The number of aryl methyl sites for hydroxylation is 2. The van der Waals surface area contributed by atoms with E-state index in [0.29, 0.717) is 16.7 Å². The van der Waals surface area contributed by atoms with E-state index in [0.717, 1.165) is 97.8 Å². The zero-order valence-electron chi connectivity index (χ0n) is 26.1. The number of aromatic nitrogens is 4. The number of nitrogens with zero attached hydrogens (tertiary/aromatic N) is 6. The molecule has 0 radical (unpaired) electrons. The zero-order valence-corrected chi connectivity index (χ0v) is 28.6. The topological polar surface area (TPSA) is 101 Å². The van der Waals surface area contributed by atoms with Crippen LogP contribution in [0, 0.1) is 25.7 Å². The van der Waals surface area contributed by atoms with Crippen LogP contribution >= 0.6 is 34.8 Å². The van der Waals surface area contributed by atoms with Crippen LogP contribution in [0.25, 0.3) is 43.3 Å². The molecule has 2 saturated carbocycles. The molecule has 0 aliphatic heterocycles. The predicted octanol–water partition coefficient (Wildman–Crippen LogP) is 9.70. The highest BCUT2D eigenvalue weighted by Crippen LogP contribution is 2.46. The first-order chi connectivity index (χ1) is 23.4. The van der Waals surface area contributed by atoms with Gasteiger partial charge in [0.15, 0.2) is 17.3 Å². The third-order valence-corrected chi connectivity index (χ3v) is 11.8. The summed E-state index contributed by atoms with van der Waals surface area (Å²) in [6.45, 7) is 4.20. The Kier molecular flexibility index (Phi) is 7.03. The molecule has 0 amide bonds. The second-order valence-corrected chi connectivity index (χ2v) is 14.8. The van der Waals surface area contributed by atoms with Gasteiger partial charge in [-0.3, -0.25) is 9.59 Å². The Morgan fingerprint density at radius 3 is 1.83 bits per heavy atom. The Balaban J connectivity index is 1.18. The molecule has 11 heteroatoms.